The third-order valence-corrected chi connectivity index (χ3v) is 3.06. The number of phenolic OH excluding ortho intramolecular Hbond substituents is 2. The minimum absolute atomic E-state index is 0.232. The predicted octanol–water partition coefficient (Wildman–Crippen LogP) is 4.83. The molecule has 20 heavy (non-hydrogen) atoms. The number of allylic oxidation sites excluding steroid dienone is 2. The van der Waals surface area contributed by atoms with Crippen molar-refractivity contribution in [2.75, 3.05) is 0 Å². The first-order valence-electron chi connectivity index (χ1n) is 6.57. The summed E-state index contributed by atoms with van der Waals surface area (Å²) >= 11 is 0. The molecule has 2 N–H and O–H groups in total. The second-order valence-electron chi connectivity index (χ2n) is 4.55. The zero-order chi connectivity index (χ0) is 14.5. The smallest absolute Gasteiger partial charge is 0.123 e. The molecule has 0 heterocycles. The fourth-order valence-corrected chi connectivity index (χ4v) is 2.12. The molecule has 0 unspecified atom stereocenters. The zero-order valence-electron chi connectivity index (χ0n) is 11.7. The van der Waals surface area contributed by atoms with E-state index in [-0.39, 0.29) is 11.5 Å². The Morgan fingerprint density at radius 1 is 0.800 bits per heavy atom. The Labute approximate surface area is 119 Å². The minimum atomic E-state index is 0.232. The molecule has 0 aliphatic heterocycles. The number of phenols is 2. The summed E-state index contributed by atoms with van der Waals surface area (Å²) in [5.41, 5.74) is 3.40. The largest absolute Gasteiger partial charge is 0.507 e. The summed E-state index contributed by atoms with van der Waals surface area (Å²) in [5.74, 6) is 0.464. The van der Waals surface area contributed by atoms with Gasteiger partial charge in [-0.05, 0) is 49.2 Å². The maximum Gasteiger partial charge on any atom is 0.123 e. The average molecular weight is 266 g/mol. The van der Waals surface area contributed by atoms with Gasteiger partial charge in [0.05, 0.1) is 0 Å². The molecule has 0 aliphatic carbocycles. The van der Waals surface area contributed by atoms with Crippen LogP contribution in [0.2, 0.25) is 0 Å². The van der Waals surface area contributed by atoms with E-state index in [1.807, 2.05) is 56.4 Å². The van der Waals surface area contributed by atoms with Crippen LogP contribution in [0.25, 0.3) is 23.3 Å². The van der Waals surface area contributed by atoms with Gasteiger partial charge in [0.15, 0.2) is 0 Å². The molecule has 2 nitrogen and oxygen atoms in total. The molecule has 0 radical (unpaired) electrons. The van der Waals surface area contributed by atoms with Crippen molar-refractivity contribution in [3.63, 3.8) is 0 Å². The van der Waals surface area contributed by atoms with E-state index in [0.717, 1.165) is 22.3 Å². The maximum atomic E-state index is 10.0. The number of rotatable bonds is 3. The van der Waals surface area contributed by atoms with Crippen molar-refractivity contribution in [3.8, 4) is 22.6 Å². The van der Waals surface area contributed by atoms with Crippen LogP contribution < -0.4 is 0 Å². The summed E-state index contributed by atoms with van der Waals surface area (Å²) in [6, 6.07) is 10.8. The first-order chi connectivity index (χ1) is 9.65. The van der Waals surface area contributed by atoms with E-state index in [2.05, 4.69) is 0 Å². The Morgan fingerprint density at radius 3 is 2.20 bits per heavy atom. The lowest BCUT2D eigenvalue weighted by Gasteiger charge is -2.08. The topological polar surface area (TPSA) is 40.5 Å². The van der Waals surface area contributed by atoms with E-state index in [0.29, 0.717) is 0 Å². The molecule has 2 heteroatoms. The second-order valence-corrected chi connectivity index (χ2v) is 4.55. The van der Waals surface area contributed by atoms with Gasteiger partial charge in [-0.3, -0.25) is 0 Å². The Balaban J connectivity index is 2.55. The molecule has 0 atom stereocenters. The van der Waals surface area contributed by atoms with Gasteiger partial charge in [0, 0.05) is 11.1 Å². The first kappa shape index (κ1) is 13.9. The molecule has 0 amide bonds. The van der Waals surface area contributed by atoms with Crippen LogP contribution in [0.3, 0.4) is 0 Å². The SMILES string of the molecule is C/C=C/c1ccc(O)c(-c2ccc(O)c(/C=C/C)c2)c1. The lowest BCUT2D eigenvalue weighted by atomic mass is 9.99. The number of hydrogen-bond acceptors (Lipinski definition) is 2. The molecular weight excluding hydrogens is 248 g/mol. The van der Waals surface area contributed by atoms with Gasteiger partial charge < -0.3 is 10.2 Å². The Kier molecular flexibility index (Phi) is 4.26. The molecule has 0 fully saturated rings. The van der Waals surface area contributed by atoms with Crippen LogP contribution in [0.1, 0.15) is 25.0 Å². The van der Waals surface area contributed by atoms with Crippen molar-refractivity contribution in [3.05, 3.63) is 59.7 Å². The van der Waals surface area contributed by atoms with Crippen LogP contribution >= 0.6 is 0 Å². The molecule has 0 bridgehead atoms. The monoisotopic (exact) mass is 266 g/mol. The summed E-state index contributed by atoms with van der Waals surface area (Å²) in [6.07, 6.45) is 7.65. The van der Waals surface area contributed by atoms with Crippen molar-refractivity contribution in [2.24, 2.45) is 0 Å². The van der Waals surface area contributed by atoms with Crippen LogP contribution in [0.15, 0.2) is 48.6 Å². The van der Waals surface area contributed by atoms with Crippen molar-refractivity contribution >= 4 is 12.2 Å². The van der Waals surface area contributed by atoms with Gasteiger partial charge in [0.2, 0.25) is 0 Å². The standard InChI is InChI=1S/C18H18O2/c1-3-5-13-7-9-18(20)16(11-13)14-8-10-17(19)15(12-14)6-4-2/h3-12,19-20H,1-2H3/b5-3+,6-4+. The highest BCUT2D eigenvalue weighted by atomic mass is 16.3. The molecule has 2 aromatic rings. The average Bonchev–Trinajstić information content (AvgIpc) is 2.44. The quantitative estimate of drug-likeness (QED) is 0.835. The summed E-state index contributed by atoms with van der Waals surface area (Å²) in [5, 5.41) is 19.8. The third kappa shape index (κ3) is 2.91. The molecule has 2 rings (SSSR count). The molecule has 0 aliphatic rings. The number of aromatic hydroxyl groups is 2. The van der Waals surface area contributed by atoms with Gasteiger partial charge in [0.1, 0.15) is 11.5 Å². The van der Waals surface area contributed by atoms with Crippen LogP contribution in [0, 0.1) is 0 Å². The van der Waals surface area contributed by atoms with E-state index >= 15 is 0 Å². The molecule has 102 valence electrons. The van der Waals surface area contributed by atoms with E-state index < -0.39 is 0 Å². The van der Waals surface area contributed by atoms with E-state index in [4.69, 9.17) is 0 Å². The lowest BCUT2D eigenvalue weighted by Crippen LogP contribution is -1.83. The summed E-state index contributed by atoms with van der Waals surface area (Å²) < 4.78 is 0. The second kappa shape index (κ2) is 6.11. The van der Waals surface area contributed by atoms with Crippen LogP contribution in [0.4, 0.5) is 0 Å². The van der Waals surface area contributed by atoms with Crippen LogP contribution in [-0.4, -0.2) is 10.2 Å². The normalized spacial score (nSPS) is 11.5. The van der Waals surface area contributed by atoms with Crippen molar-refractivity contribution in [1.29, 1.82) is 0 Å². The molecule has 0 aromatic heterocycles. The lowest BCUT2D eigenvalue weighted by molar-refractivity contribution is 0.473. The van der Waals surface area contributed by atoms with Crippen LogP contribution in [0.5, 0.6) is 11.5 Å². The van der Waals surface area contributed by atoms with E-state index in [9.17, 15) is 10.2 Å². The van der Waals surface area contributed by atoms with Crippen LogP contribution in [-0.2, 0) is 0 Å². The molecule has 2 aromatic carbocycles. The number of hydrogen-bond donors (Lipinski definition) is 2. The highest BCUT2D eigenvalue weighted by molar-refractivity contribution is 5.76. The van der Waals surface area contributed by atoms with Gasteiger partial charge in [-0.1, -0.05) is 36.4 Å². The fourth-order valence-electron chi connectivity index (χ4n) is 2.12. The zero-order valence-corrected chi connectivity index (χ0v) is 11.7. The van der Waals surface area contributed by atoms with Crippen molar-refractivity contribution in [2.45, 2.75) is 13.8 Å². The molecule has 0 spiro atoms. The van der Waals surface area contributed by atoms with E-state index in [1.54, 1.807) is 18.2 Å². The molecular formula is C18H18O2. The Bertz CT molecular complexity index is 667. The van der Waals surface area contributed by atoms with Gasteiger partial charge >= 0.3 is 0 Å². The third-order valence-electron chi connectivity index (χ3n) is 3.06. The molecule has 0 saturated heterocycles. The van der Waals surface area contributed by atoms with Gasteiger partial charge in [-0.25, -0.2) is 0 Å². The maximum absolute atomic E-state index is 10.0. The van der Waals surface area contributed by atoms with Gasteiger partial charge in [-0.2, -0.15) is 0 Å². The number of benzene rings is 2. The summed E-state index contributed by atoms with van der Waals surface area (Å²) in [4.78, 5) is 0. The van der Waals surface area contributed by atoms with Gasteiger partial charge in [0.25, 0.3) is 0 Å². The highest BCUT2D eigenvalue weighted by Crippen LogP contribution is 2.33. The summed E-state index contributed by atoms with van der Waals surface area (Å²) in [7, 11) is 0. The first-order valence-corrected chi connectivity index (χ1v) is 6.57. The molecule has 0 saturated carbocycles. The fraction of sp³-hybridized carbons (Fsp3) is 0.111. The van der Waals surface area contributed by atoms with Crippen molar-refractivity contribution in [1.82, 2.24) is 0 Å². The Morgan fingerprint density at radius 2 is 1.50 bits per heavy atom. The summed E-state index contributed by atoms with van der Waals surface area (Å²) in [6.45, 7) is 3.85. The highest BCUT2D eigenvalue weighted by Gasteiger charge is 2.07. The predicted molar refractivity (Wildman–Crippen MR) is 84.6 cm³/mol. The van der Waals surface area contributed by atoms with E-state index in [1.165, 1.54) is 0 Å². The minimum Gasteiger partial charge on any atom is -0.507 e. The van der Waals surface area contributed by atoms with Crippen molar-refractivity contribution < 1.29 is 10.2 Å². The Hall–Kier alpha value is -2.48. The van der Waals surface area contributed by atoms with Gasteiger partial charge in [-0.15, -0.1) is 0 Å².